The number of hydrogen-bond acceptors (Lipinski definition) is 2. The van der Waals surface area contributed by atoms with E-state index in [0.29, 0.717) is 0 Å². The molecule has 0 aliphatic carbocycles. The average Bonchev–Trinajstić information content (AvgIpc) is 3.71. The highest BCUT2D eigenvalue weighted by Crippen LogP contribution is 2.37. The number of pyridine rings is 2. The van der Waals surface area contributed by atoms with Crippen molar-refractivity contribution in [3.8, 4) is 45.0 Å². The second-order valence-corrected chi connectivity index (χ2v) is 12.7. The number of benzene rings is 6. The Kier molecular flexibility index (Phi) is 6.46. The zero-order chi connectivity index (χ0) is 33.0. The van der Waals surface area contributed by atoms with E-state index in [-0.39, 0.29) is 0 Å². The fourth-order valence-electron chi connectivity index (χ4n) is 7.51. The third-order valence-corrected chi connectivity index (χ3v) is 9.82. The Bertz CT molecular complexity index is 2860. The number of para-hydroxylation sites is 4. The Morgan fingerprint density at radius 3 is 1.36 bits per heavy atom. The largest absolute Gasteiger partial charge is 0.309 e. The van der Waals surface area contributed by atoms with Crippen LogP contribution in [-0.2, 0) is 0 Å². The molecule has 0 saturated heterocycles. The van der Waals surface area contributed by atoms with E-state index in [1.165, 1.54) is 43.6 Å². The number of hydrogen-bond donors (Lipinski definition) is 0. The second kappa shape index (κ2) is 11.4. The fourth-order valence-corrected chi connectivity index (χ4v) is 7.51. The summed E-state index contributed by atoms with van der Waals surface area (Å²) >= 11 is 0. The van der Waals surface area contributed by atoms with E-state index in [0.717, 1.165) is 45.0 Å². The van der Waals surface area contributed by atoms with Gasteiger partial charge in [-0.25, -0.2) is 0 Å². The molecule has 0 unspecified atom stereocenters. The van der Waals surface area contributed by atoms with Crippen LogP contribution in [0.25, 0.3) is 88.6 Å². The summed E-state index contributed by atoms with van der Waals surface area (Å²) in [6, 6.07) is 60.4. The summed E-state index contributed by atoms with van der Waals surface area (Å²) < 4.78 is 4.70. The Hall–Kier alpha value is -6.78. The zero-order valence-corrected chi connectivity index (χ0v) is 27.1. The Labute approximate surface area is 289 Å². The maximum atomic E-state index is 4.79. The molecule has 0 N–H and O–H groups in total. The fraction of sp³-hybridized carbons (Fsp3) is 0. The third-order valence-electron chi connectivity index (χ3n) is 9.82. The molecule has 0 saturated carbocycles. The molecule has 0 aliphatic rings. The molecular formula is C46H30N4. The van der Waals surface area contributed by atoms with Crippen LogP contribution in [0.5, 0.6) is 0 Å². The molecule has 0 amide bonds. The molecule has 0 aliphatic heterocycles. The highest BCUT2D eigenvalue weighted by molar-refractivity contribution is 6.11. The molecule has 50 heavy (non-hydrogen) atoms. The van der Waals surface area contributed by atoms with Crippen LogP contribution in [0.4, 0.5) is 0 Å². The number of aromatic nitrogens is 4. The molecule has 234 valence electrons. The molecule has 0 fully saturated rings. The third kappa shape index (κ3) is 4.54. The molecule has 4 heteroatoms. The summed E-state index contributed by atoms with van der Waals surface area (Å²) in [5.41, 5.74) is 13.2. The van der Waals surface area contributed by atoms with Crippen LogP contribution < -0.4 is 0 Å². The Balaban J connectivity index is 1.06. The zero-order valence-electron chi connectivity index (χ0n) is 27.1. The molecule has 0 spiro atoms. The van der Waals surface area contributed by atoms with Gasteiger partial charge in [-0.1, -0.05) is 91.0 Å². The van der Waals surface area contributed by atoms with Gasteiger partial charge in [-0.15, -0.1) is 0 Å². The van der Waals surface area contributed by atoms with Crippen molar-refractivity contribution < 1.29 is 0 Å². The molecule has 4 heterocycles. The second-order valence-electron chi connectivity index (χ2n) is 12.7. The lowest BCUT2D eigenvalue weighted by Crippen LogP contribution is -1.93. The predicted molar refractivity (Wildman–Crippen MR) is 207 cm³/mol. The summed E-state index contributed by atoms with van der Waals surface area (Å²) in [4.78, 5) is 9.58. The standard InChI is InChI=1S/C46H30N4/c1-3-11-35(12-4-1)49-44-18-10-8-16-38(44)40-27-31(20-22-45(40)49)33-23-25-47-41(28-33)42-29-34(24-26-48-42)32-19-21-39-37-15-7-9-17-43(37)50(46(39)30-32)36-13-5-2-6-14-36/h1-30H. The quantitative estimate of drug-likeness (QED) is 0.188. The first kappa shape index (κ1) is 28.3. The van der Waals surface area contributed by atoms with Crippen LogP contribution in [0.15, 0.2) is 182 Å². The lowest BCUT2D eigenvalue weighted by molar-refractivity contribution is 1.18. The normalized spacial score (nSPS) is 11.6. The number of fused-ring (bicyclic) bond motifs is 6. The summed E-state index contributed by atoms with van der Waals surface area (Å²) in [7, 11) is 0. The van der Waals surface area contributed by atoms with Gasteiger partial charge >= 0.3 is 0 Å². The summed E-state index contributed by atoms with van der Waals surface area (Å²) in [5, 5.41) is 4.95. The highest BCUT2D eigenvalue weighted by atomic mass is 15.0. The van der Waals surface area contributed by atoms with Gasteiger partial charge in [-0.05, 0) is 101 Å². The van der Waals surface area contributed by atoms with E-state index < -0.39 is 0 Å². The summed E-state index contributed by atoms with van der Waals surface area (Å²) in [5.74, 6) is 0. The van der Waals surface area contributed by atoms with E-state index in [2.05, 4.69) is 179 Å². The van der Waals surface area contributed by atoms with Crippen molar-refractivity contribution in [1.29, 1.82) is 0 Å². The smallest absolute Gasteiger partial charge is 0.0892 e. The van der Waals surface area contributed by atoms with Crippen molar-refractivity contribution in [1.82, 2.24) is 19.1 Å². The lowest BCUT2D eigenvalue weighted by Gasteiger charge is -2.10. The van der Waals surface area contributed by atoms with Crippen molar-refractivity contribution in [2.24, 2.45) is 0 Å². The first-order valence-corrected chi connectivity index (χ1v) is 16.9. The van der Waals surface area contributed by atoms with E-state index in [9.17, 15) is 0 Å². The van der Waals surface area contributed by atoms with Crippen LogP contribution in [0.1, 0.15) is 0 Å². The van der Waals surface area contributed by atoms with E-state index >= 15 is 0 Å². The minimum atomic E-state index is 0.842. The van der Waals surface area contributed by atoms with Gasteiger partial charge in [0.15, 0.2) is 0 Å². The Morgan fingerprint density at radius 2 is 0.740 bits per heavy atom. The van der Waals surface area contributed by atoms with E-state index in [4.69, 9.17) is 9.97 Å². The minimum Gasteiger partial charge on any atom is -0.309 e. The molecule has 4 nitrogen and oxygen atoms in total. The molecule has 0 bridgehead atoms. The predicted octanol–water partition coefficient (Wildman–Crippen LogP) is 11.7. The van der Waals surface area contributed by atoms with Crippen LogP contribution in [-0.4, -0.2) is 19.1 Å². The summed E-state index contributed by atoms with van der Waals surface area (Å²) in [6.07, 6.45) is 3.78. The van der Waals surface area contributed by atoms with Crippen LogP contribution in [0.2, 0.25) is 0 Å². The molecule has 4 aromatic heterocycles. The Morgan fingerprint density at radius 1 is 0.300 bits per heavy atom. The number of nitrogens with zero attached hydrogens (tertiary/aromatic N) is 4. The molecular weight excluding hydrogens is 609 g/mol. The maximum Gasteiger partial charge on any atom is 0.0892 e. The van der Waals surface area contributed by atoms with Gasteiger partial charge in [0.05, 0.1) is 33.5 Å². The van der Waals surface area contributed by atoms with Crippen molar-refractivity contribution in [3.05, 3.63) is 182 Å². The molecule has 0 atom stereocenters. The topological polar surface area (TPSA) is 35.6 Å². The van der Waals surface area contributed by atoms with E-state index in [1.807, 2.05) is 12.4 Å². The van der Waals surface area contributed by atoms with Crippen LogP contribution in [0, 0.1) is 0 Å². The maximum absolute atomic E-state index is 4.79. The van der Waals surface area contributed by atoms with Gasteiger partial charge in [-0.3, -0.25) is 9.97 Å². The van der Waals surface area contributed by atoms with Crippen molar-refractivity contribution >= 4 is 43.6 Å². The molecule has 10 aromatic rings. The van der Waals surface area contributed by atoms with E-state index in [1.54, 1.807) is 0 Å². The monoisotopic (exact) mass is 638 g/mol. The van der Waals surface area contributed by atoms with Gasteiger partial charge in [0, 0.05) is 45.3 Å². The highest BCUT2D eigenvalue weighted by Gasteiger charge is 2.15. The van der Waals surface area contributed by atoms with Gasteiger partial charge in [-0.2, -0.15) is 0 Å². The SMILES string of the molecule is c1ccc(-n2c3ccccc3c3cc(-c4ccnc(-c5cc(-c6ccc7c8ccccc8n(-c8ccccc8)c7c6)ccn5)c4)ccc32)cc1. The molecule has 0 radical (unpaired) electrons. The molecule has 10 rings (SSSR count). The van der Waals surface area contributed by atoms with Crippen LogP contribution >= 0.6 is 0 Å². The van der Waals surface area contributed by atoms with Crippen molar-refractivity contribution in [2.45, 2.75) is 0 Å². The first-order valence-electron chi connectivity index (χ1n) is 16.9. The van der Waals surface area contributed by atoms with Gasteiger partial charge < -0.3 is 9.13 Å². The minimum absolute atomic E-state index is 0.842. The van der Waals surface area contributed by atoms with Gasteiger partial charge in [0.1, 0.15) is 0 Å². The van der Waals surface area contributed by atoms with Crippen LogP contribution in [0.3, 0.4) is 0 Å². The molecule has 6 aromatic carbocycles. The van der Waals surface area contributed by atoms with Crippen molar-refractivity contribution in [2.75, 3.05) is 0 Å². The van der Waals surface area contributed by atoms with Gasteiger partial charge in [0.25, 0.3) is 0 Å². The first-order chi connectivity index (χ1) is 24.8. The van der Waals surface area contributed by atoms with Crippen molar-refractivity contribution in [3.63, 3.8) is 0 Å². The van der Waals surface area contributed by atoms with Gasteiger partial charge in [0.2, 0.25) is 0 Å². The number of rotatable bonds is 5. The lowest BCUT2D eigenvalue weighted by atomic mass is 10.0. The summed E-state index contributed by atoms with van der Waals surface area (Å²) in [6.45, 7) is 0. The average molecular weight is 639 g/mol.